The van der Waals surface area contributed by atoms with Crippen LogP contribution in [0, 0.1) is 0 Å². The highest BCUT2D eigenvalue weighted by molar-refractivity contribution is 6.33. The Morgan fingerprint density at radius 1 is 1.12 bits per heavy atom. The number of aromatic nitrogens is 5. The maximum absolute atomic E-state index is 6.39. The summed E-state index contributed by atoms with van der Waals surface area (Å²) in [6.07, 6.45) is 5.07. The molecule has 1 aliphatic rings. The summed E-state index contributed by atoms with van der Waals surface area (Å²) in [5.41, 5.74) is 3.84. The second-order valence-electron chi connectivity index (χ2n) is 6.36. The Bertz CT molecular complexity index is 1040. The second kappa shape index (κ2) is 6.07. The largest absolute Gasteiger partial charge is 0.355 e. The minimum atomic E-state index is 0.408. The van der Waals surface area contributed by atoms with Crippen molar-refractivity contribution in [3.8, 4) is 11.4 Å². The Morgan fingerprint density at radius 2 is 2.00 bits per heavy atom. The summed E-state index contributed by atoms with van der Waals surface area (Å²) in [5, 5.41) is 0.584. The Morgan fingerprint density at radius 3 is 2.81 bits per heavy atom. The third-order valence-corrected chi connectivity index (χ3v) is 5.02. The summed E-state index contributed by atoms with van der Waals surface area (Å²) in [5.74, 6) is 2.06. The first-order chi connectivity index (χ1) is 12.8. The molecule has 0 unspecified atom stereocenters. The van der Waals surface area contributed by atoms with Crippen LogP contribution in [0.15, 0.2) is 55.1 Å². The van der Waals surface area contributed by atoms with E-state index in [2.05, 4.69) is 29.8 Å². The molecule has 5 rings (SSSR count). The molecule has 1 fully saturated rings. The topological polar surface area (TPSA) is 70.6 Å². The fourth-order valence-corrected chi connectivity index (χ4v) is 3.45. The first kappa shape index (κ1) is 15.3. The van der Waals surface area contributed by atoms with Gasteiger partial charge in [-0.2, -0.15) is 0 Å². The lowest BCUT2D eigenvalue weighted by molar-refractivity contribution is 0.508. The van der Waals surface area contributed by atoms with E-state index in [1.54, 1.807) is 18.7 Å². The number of hydrogen-bond acceptors (Lipinski definition) is 5. The van der Waals surface area contributed by atoms with Gasteiger partial charge in [0, 0.05) is 37.0 Å². The van der Waals surface area contributed by atoms with Crippen LogP contribution in [-0.4, -0.2) is 38.0 Å². The summed E-state index contributed by atoms with van der Waals surface area (Å²) in [4.78, 5) is 23.0. The molecule has 0 spiro atoms. The molecule has 26 heavy (non-hydrogen) atoms. The zero-order valence-electron chi connectivity index (χ0n) is 13.8. The highest BCUT2D eigenvalue weighted by Gasteiger charge is 2.30. The highest BCUT2D eigenvalue weighted by Crippen LogP contribution is 2.34. The molecule has 0 saturated carbocycles. The number of nitrogens with zero attached hydrogens (tertiary/aromatic N) is 5. The number of anilines is 1. The number of aromatic amines is 1. The molecule has 7 heteroatoms. The van der Waals surface area contributed by atoms with Crippen LogP contribution in [0.2, 0.25) is 5.02 Å². The molecule has 128 valence electrons. The SMILES string of the molecule is Clc1cnc(N2CC(c3ccncn3)C2)cc1-c1nc2ccccc2[nH]1. The lowest BCUT2D eigenvalue weighted by Crippen LogP contribution is -2.45. The molecule has 0 bridgehead atoms. The van der Waals surface area contributed by atoms with Gasteiger partial charge >= 0.3 is 0 Å². The molecule has 3 aromatic heterocycles. The van der Waals surface area contributed by atoms with Gasteiger partial charge in [0.05, 0.1) is 21.7 Å². The quantitative estimate of drug-likeness (QED) is 0.602. The molecular weight excluding hydrogens is 348 g/mol. The Balaban J connectivity index is 1.43. The molecule has 4 aromatic rings. The van der Waals surface area contributed by atoms with E-state index in [1.807, 2.05) is 36.4 Å². The smallest absolute Gasteiger partial charge is 0.140 e. The molecule has 0 aliphatic carbocycles. The number of imidazole rings is 1. The van der Waals surface area contributed by atoms with Crippen LogP contribution in [0.1, 0.15) is 11.6 Å². The minimum absolute atomic E-state index is 0.408. The van der Waals surface area contributed by atoms with E-state index in [4.69, 9.17) is 11.6 Å². The van der Waals surface area contributed by atoms with Crippen molar-refractivity contribution in [2.24, 2.45) is 0 Å². The summed E-state index contributed by atoms with van der Waals surface area (Å²) < 4.78 is 0. The first-order valence-electron chi connectivity index (χ1n) is 8.39. The minimum Gasteiger partial charge on any atom is -0.355 e. The lowest BCUT2D eigenvalue weighted by atomic mass is 9.96. The van der Waals surface area contributed by atoms with E-state index >= 15 is 0 Å². The number of H-pyrrole nitrogens is 1. The zero-order chi connectivity index (χ0) is 17.5. The Kier molecular flexibility index (Phi) is 3.57. The van der Waals surface area contributed by atoms with Crippen LogP contribution >= 0.6 is 11.6 Å². The van der Waals surface area contributed by atoms with Crippen molar-refractivity contribution < 1.29 is 0 Å². The fourth-order valence-electron chi connectivity index (χ4n) is 3.26. The van der Waals surface area contributed by atoms with Gasteiger partial charge in [0.15, 0.2) is 0 Å². The van der Waals surface area contributed by atoms with Gasteiger partial charge in [0.2, 0.25) is 0 Å². The molecule has 1 N–H and O–H groups in total. The van der Waals surface area contributed by atoms with Crippen molar-refractivity contribution in [2.45, 2.75) is 5.92 Å². The van der Waals surface area contributed by atoms with Gasteiger partial charge in [0.25, 0.3) is 0 Å². The third-order valence-electron chi connectivity index (χ3n) is 4.71. The summed E-state index contributed by atoms with van der Waals surface area (Å²) >= 11 is 6.39. The molecule has 6 nitrogen and oxygen atoms in total. The van der Waals surface area contributed by atoms with Crippen LogP contribution in [-0.2, 0) is 0 Å². The van der Waals surface area contributed by atoms with Crippen LogP contribution in [0.4, 0.5) is 5.82 Å². The predicted molar refractivity (Wildman–Crippen MR) is 101 cm³/mol. The van der Waals surface area contributed by atoms with E-state index in [0.29, 0.717) is 10.9 Å². The third kappa shape index (κ3) is 2.59. The van der Waals surface area contributed by atoms with Gasteiger partial charge in [-0.15, -0.1) is 0 Å². The number of benzene rings is 1. The number of halogens is 1. The van der Waals surface area contributed by atoms with Gasteiger partial charge in [-0.3, -0.25) is 0 Å². The van der Waals surface area contributed by atoms with Crippen molar-refractivity contribution in [3.05, 3.63) is 65.8 Å². The van der Waals surface area contributed by atoms with Crippen molar-refractivity contribution >= 4 is 28.5 Å². The van der Waals surface area contributed by atoms with Gasteiger partial charge in [-0.25, -0.2) is 19.9 Å². The van der Waals surface area contributed by atoms with Gasteiger partial charge in [-0.05, 0) is 24.3 Å². The Hall–Kier alpha value is -2.99. The second-order valence-corrected chi connectivity index (χ2v) is 6.77. The van der Waals surface area contributed by atoms with Crippen molar-refractivity contribution in [3.63, 3.8) is 0 Å². The van der Waals surface area contributed by atoms with Crippen molar-refractivity contribution in [1.29, 1.82) is 0 Å². The monoisotopic (exact) mass is 362 g/mol. The molecule has 0 amide bonds. The van der Waals surface area contributed by atoms with E-state index in [0.717, 1.165) is 47.0 Å². The molecule has 1 saturated heterocycles. The summed E-state index contributed by atoms with van der Waals surface area (Å²) in [7, 11) is 0. The van der Waals surface area contributed by atoms with Gasteiger partial charge in [0.1, 0.15) is 18.0 Å². The van der Waals surface area contributed by atoms with E-state index in [-0.39, 0.29) is 0 Å². The molecule has 1 aliphatic heterocycles. The summed E-state index contributed by atoms with van der Waals surface area (Å²) in [6.45, 7) is 1.76. The maximum Gasteiger partial charge on any atom is 0.140 e. The predicted octanol–water partition coefficient (Wildman–Crippen LogP) is 3.67. The molecular formula is C19H15ClN6. The zero-order valence-corrected chi connectivity index (χ0v) is 14.6. The average molecular weight is 363 g/mol. The maximum atomic E-state index is 6.39. The van der Waals surface area contributed by atoms with Gasteiger partial charge < -0.3 is 9.88 Å². The lowest BCUT2D eigenvalue weighted by Gasteiger charge is -2.39. The number of para-hydroxylation sites is 2. The Labute approximate surface area is 154 Å². The number of rotatable bonds is 3. The van der Waals surface area contributed by atoms with E-state index in [1.165, 1.54) is 0 Å². The molecule has 1 aromatic carbocycles. The van der Waals surface area contributed by atoms with Crippen LogP contribution in [0.25, 0.3) is 22.4 Å². The first-order valence-corrected chi connectivity index (χ1v) is 8.77. The van der Waals surface area contributed by atoms with Crippen molar-refractivity contribution in [1.82, 2.24) is 24.9 Å². The van der Waals surface area contributed by atoms with Gasteiger partial charge in [-0.1, -0.05) is 23.7 Å². The number of nitrogens with one attached hydrogen (secondary N) is 1. The molecule has 4 heterocycles. The number of pyridine rings is 1. The highest BCUT2D eigenvalue weighted by atomic mass is 35.5. The van der Waals surface area contributed by atoms with E-state index < -0.39 is 0 Å². The molecule has 0 radical (unpaired) electrons. The van der Waals surface area contributed by atoms with Crippen molar-refractivity contribution in [2.75, 3.05) is 18.0 Å². The summed E-state index contributed by atoms with van der Waals surface area (Å²) in [6, 6.07) is 11.9. The molecule has 0 atom stereocenters. The fraction of sp³-hybridized carbons (Fsp3) is 0.158. The van der Waals surface area contributed by atoms with Crippen LogP contribution < -0.4 is 4.90 Å². The van der Waals surface area contributed by atoms with E-state index in [9.17, 15) is 0 Å². The van der Waals surface area contributed by atoms with Crippen LogP contribution in [0.3, 0.4) is 0 Å². The number of fused-ring (bicyclic) bond motifs is 1. The standard InChI is InChI=1S/C19H15ClN6/c20-14-8-22-18(26-9-12(10-26)15-5-6-21-11-23-15)7-13(14)19-24-16-3-1-2-4-17(16)25-19/h1-8,11-12H,9-10H2,(H,24,25). The normalized spacial score (nSPS) is 14.6. The van der Waals surface area contributed by atoms with Crippen LogP contribution in [0.5, 0.6) is 0 Å². The average Bonchev–Trinajstić information content (AvgIpc) is 3.06. The number of hydrogen-bond donors (Lipinski definition) is 1.